The molecule has 3 atom stereocenters. The van der Waals surface area contributed by atoms with E-state index in [0.717, 1.165) is 16.7 Å². The second-order valence-electron chi connectivity index (χ2n) is 8.45. The van der Waals surface area contributed by atoms with Crippen LogP contribution >= 0.6 is 0 Å². The fourth-order valence-electron chi connectivity index (χ4n) is 4.40. The molecule has 7 nitrogen and oxygen atoms in total. The van der Waals surface area contributed by atoms with E-state index in [2.05, 4.69) is 5.32 Å². The van der Waals surface area contributed by atoms with Crippen molar-refractivity contribution in [3.8, 4) is 0 Å². The molecule has 2 amide bonds. The molecule has 0 aromatic heterocycles. The van der Waals surface area contributed by atoms with Gasteiger partial charge in [-0.1, -0.05) is 91.0 Å². The molecular weight excluding hydrogens is 432 g/mol. The number of ether oxygens (including phenoxy) is 1. The second-order valence-corrected chi connectivity index (χ2v) is 8.45. The summed E-state index contributed by atoms with van der Waals surface area (Å²) in [6.07, 6.45) is -2.02. The van der Waals surface area contributed by atoms with Gasteiger partial charge in [-0.25, -0.2) is 4.79 Å². The number of nitrogens with zero attached hydrogens (tertiary/aromatic N) is 1. The van der Waals surface area contributed by atoms with Crippen molar-refractivity contribution in [2.45, 2.75) is 23.9 Å². The lowest BCUT2D eigenvalue weighted by molar-refractivity contribution is -0.0463. The number of hydrogen-bond acceptors (Lipinski definition) is 5. The summed E-state index contributed by atoms with van der Waals surface area (Å²) in [5.41, 5.74) is 1.79. The molecule has 3 aromatic carbocycles. The van der Waals surface area contributed by atoms with E-state index in [1.807, 2.05) is 91.0 Å². The summed E-state index contributed by atoms with van der Waals surface area (Å²) in [5, 5.41) is 32.5. The largest absolute Gasteiger partial charge is 0.394 e. The van der Waals surface area contributed by atoms with E-state index < -0.39 is 36.5 Å². The molecule has 4 rings (SSSR count). The number of aliphatic hydroxyl groups is 3. The zero-order valence-electron chi connectivity index (χ0n) is 18.8. The van der Waals surface area contributed by atoms with Crippen molar-refractivity contribution < 1.29 is 24.9 Å². The molecule has 0 radical (unpaired) electrons. The summed E-state index contributed by atoms with van der Waals surface area (Å²) < 4.78 is 6.63. The molecule has 7 heteroatoms. The molecule has 1 aliphatic heterocycles. The van der Waals surface area contributed by atoms with Crippen LogP contribution in [-0.2, 0) is 10.3 Å². The van der Waals surface area contributed by atoms with Gasteiger partial charge in [0, 0.05) is 6.54 Å². The van der Waals surface area contributed by atoms with Gasteiger partial charge in [0.25, 0.3) is 0 Å². The quantitative estimate of drug-likeness (QED) is 0.346. The Labute approximate surface area is 199 Å². The van der Waals surface area contributed by atoms with Gasteiger partial charge >= 0.3 is 6.03 Å². The summed E-state index contributed by atoms with van der Waals surface area (Å²) >= 11 is 0. The number of β-amino-alcohol motifs (C(OH)–C–C–N with tert-alkyl or cyclic N) is 1. The highest BCUT2D eigenvalue weighted by molar-refractivity contribution is 5.77. The molecule has 3 aromatic rings. The molecular formula is C27H30N2O5. The molecule has 1 heterocycles. The van der Waals surface area contributed by atoms with E-state index in [1.54, 1.807) is 0 Å². The Morgan fingerprint density at radius 3 is 1.79 bits per heavy atom. The number of amides is 2. The molecule has 34 heavy (non-hydrogen) atoms. The zero-order chi connectivity index (χ0) is 24.0. The van der Waals surface area contributed by atoms with Crippen LogP contribution in [0.3, 0.4) is 0 Å². The van der Waals surface area contributed by atoms with Crippen LogP contribution in [0.4, 0.5) is 4.79 Å². The van der Waals surface area contributed by atoms with Gasteiger partial charge in [-0.3, -0.25) is 0 Å². The molecule has 0 bridgehead atoms. The maximum Gasteiger partial charge on any atom is 0.317 e. The average molecular weight is 463 g/mol. The predicted octanol–water partition coefficient (Wildman–Crippen LogP) is 2.10. The third kappa shape index (κ3) is 4.98. The highest BCUT2D eigenvalue weighted by atomic mass is 16.5. The molecule has 1 fully saturated rings. The highest BCUT2D eigenvalue weighted by Gasteiger charge is 2.40. The molecule has 0 spiro atoms. The number of carbonyl (C=O) groups excluding carboxylic acids is 1. The summed E-state index contributed by atoms with van der Waals surface area (Å²) in [6.45, 7) is -0.280. The van der Waals surface area contributed by atoms with Crippen molar-refractivity contribution in [1.82, 2.24) is 10.2 Å². The average Bonchev–Trinajstić information content (AvgIpc) is 3.26. The van der Waals surface area contributed by atoms with Gasteiger partial charge in [0.05, 0.1) is 38.0 Å². The van der Waals surface area contributed by atoms with Crippen molar-refractivity contribution >= 4 is 6.03 Å². The van der Waals surface area contributed by atoms with Crippen LogP contribution < -0.4 is 5.32 Å². The van der Waals surface area contributed by atoms with Gasteiger partial charge in [-0.2, -0.15) is 0 Å². The topological polar surface area (TPSA) is 102 Å². The van der Waals surface area contributed by atoms with Gasteiger partial charge in [-0.15, -0.1) is 0 Å². The third-order valence-corrected chi connectivity index (χ3v) is 6.13. The smallest absolute Gasteiger partial charge is 0.317 e. The SMILES string of the molecule is O=C1N[C@H]([C@@H](O)COC(c2ccccc2)(c2ccccc2)c2ccccc2)CN1CC(O)CO. The number of rotatable bonds is 10. The van der Waals surface area contributed by atoms with Gasteiger partial charge < -0.3 is 30.3 Å². The zero-order valence-corrected chi connectivity index (χ0v) is 18.8. The number of hydrogen-bond donors (Lipinski definition) is 4. The molecule has 4 N–H and O–H groups in total. The standard InChI is InChI=1S/C27H30N2O5/c30-18-23(31)16-29-17-24(28-26(29)33)25(32)19-34-27(20-10-4-1-5-11-20,21-12-6-2-7-13-21)22-14-8-3-9-15-22/h1-15,23-25,30-32H,16-19H2,(H,28,33)/t23?,24-,25-/m0/s1. The normalized spacial score (nSPS) is 17.9. The van der Waals surface area contributed by atoms with Crippen LogP contribution in [0, 0.1) is 0 Å². The number of nitrogens with one attached hydrogen (secondary N) is 1. The van der Waals surface area contributed by atoms with Gasteiger partial charge in [0.2, 0.25) is 0 Å². The Balaban J connectivity index is 1.63. The first-order valence-corrected chi connectivity index (χ1v) is 11.4. The number of benzene rings is 3. The summed E-state index contributed by atoms with van der Waals surface area (Å²) in [5.74, 6) is 0. The van der Waals surface area contributed by atoms with Crippen LogP contribution in [0.25, 0.3) is 0 Å². The number of urea groups is 1. The molecule has 1 saturated heterocycles. The number of aliphatic hydroxyl groups excluding tert-OH is 3. The predicted molar refractivity (Wildman–Crippen MR) is 128 cm³/mol. The third-order valence-electron chi connectivity index (χ3n) is 6.13. The van der Waals surface area contributed by atoms with E-state index in [1.165, 1.54) is 4.90 Å². The van der Waals surface area contributed by atoms with Crippen molar-refractivity contribution in [3.63, 3.8) is 0 Å². The Bertz CT molecular complexity index is 952. The Morgan fingerprint density at radius 2 is 1.35 bits per heavy atom. The van der Waals surface area contributed by atoms with Crippen LogP contribution in [0.5, 0.6) is 0 Å². The van der Waals surface area contributed by atoms with E-state index in [4.69, 9.17) is 9.84 Å². The van der Waals surface area contributed by atoms with E-state index >= 15 is 0 Å². The van der Waals surface area contributed by atoms with Crippen molar-refractivity contribution in [2.24, 2.45) is 0 Å². The maximum absolute atomic E-state index is 12.3. The van der Waals surface area contributed by atoms with Crippen LogP contribution in [0.15, 0.2) is 91.0 Å². The van der Waals surface area contributed by atoms with Crippen LogP contribution in [-0.4, -0.2) is 70.8 Å². The van der Waals surface area contributed by atoms with Crippen molar-refractivity contribution in [1.29, 1.82) is 0 Å². The minimum atomic E-state index is -1.03. The molecule has 1 unspecified atom stereocenters. The van der Waals surface area contributed by atoms with Crippen LogP contribution in [0.2, 0.25) is 0 Å². The minimum Gasteiger partial charge on any atom is -0.394 e. The number of carbonyl (C=O) groups is 1. The maximum atomic E-state index is 12.3. The highest BCUT2D eigenvalue weighted by Crippen LogP contribution is 2.40. The second kappa shape index (κ2) is 10.8. The fraction of sp³-hybridized carbons (Fsp3) is 0.296. The van der Waals surface area contributed by atoms with Crippen molar-refractivity contribution in [3.05, 3.63) is 108 Å². The summed E-state index contributed by atoms with van der Waals surface area (Å²) in [4.78, 5) is 13.7. The van der Waals surface area contributed by atoms with E-state index in [9.17, 15) is 15.0 Å². The Hall–Kier alpha value is -3.23. The monoisotopic (exact) mass is 462 g/mol. The molecule has 0 saturated carbocycles. The van der Waals surface area contributed by atoms with Gasteiger partial charge in [0.1, 0.15) is 5.60 Å². The lowest BCUT2D eigenvalue weighted by Gasteiger charge is -2.37. The first-order valence-electron chi connectivity index (χ1n) is 11.4. The van der Waals surface area contributed by atoms with E-state index in [0.29, 0.717) is 0 Å². The Morgan fingerprint density at radius 1 is 0.882 bits per heavy atom. The minimum absolute atomic E-state index is 0.00556. The van der Waals surface area contributed by atoms with Crippen molar-refractivity contribution in [2.75, 3.05) is 26.3 Å². The lowest BCUT2D eigenvalue weighted by atomic mass is 9.80. The summed E-state index contributed by atoms with van der Waals surface area (Å²) in [6, 6.07) is 28.6. The van der Waals surface area contributed by atoms with E-state index in [-0.39, 0.29) is 19.7 Å². The fourth-order valence-corrected chi connectivity index (χ4v) is 4.40. The van der Waals surface area contributed by atoms with Crippen LogP contribution in [0.1, 0.15) is 16.7 Å². The van der Waals surface area contributed by atoms with Gasteiger partial charge in [0.15, 0.2) is 0 Å². The molecule has 178 valence electrons. The molecule has 1 aliphatic rings. The van der Waals surface area contributed by atoms with Gasteiger partial charge in [-0.05, 0) is 16.7 Å². The lowest BCUT2D eigenvalue weighted by Crippen LogP contribution is -2.44. The summed E-state index contributed by atoms with van der Waals surface area (Å²) in [7, 11) is 0. The first-order chi connectivity index (χ1) is 16.5. The molecule has 0 aliphatic carbocycles. The Kier molecular flexibility index (Phi) is 7.59. The first kappa shape index (κ1) is 23.9.